The predicted molar refractivity (Wildman–Crippen MR) is 82.6 cm³/mol. The van der Waals surface area contributed by atoms with Gasteiger partial charge in [0.25, 0.3) is 5.91 Å². The van der Waals surface area contributed by atoms with Crippen LogP contribution in [0.1, 0.15) is 21.6 Å². The van der Waals surface area contributed by atoms with Crippen LogP contribution in [0.25, 0.3) is 0 Å². The molecule has 2 aromatic rings. The van der Waals surface area contributed by atoms with E-state index >= 15 is 0 Å². The second kappa shape index (κ2) is 7.21. The fourth-order valence-corrected chi connectivity index (χ4v) is 1.88. The molecule has 114 valence electrons. The van der Waals surface area contributed by atoms with Crippen molar-refractivity contribution in [2.45, 2.75) is 13.5 Å². The number of nitrogens with one attached hydrogen (secondary N) is 2. The van der Waals surface area contributed by atoms with Crippen LogP contribution in [0.4, 0.5) is 10.5 Å². The quantitative estimate of drug-likeness (QED) is 0.909. The molecular formula is C16H17N3O3. The number of nitrogens with zero attached hydrogens (tertiary/aromatic N) is 1. The number of anilines is 1. The summed E-state index contributed by atoms with van der Waals surface area (Å²) in [5, 5.41) is 5.34. The Morgan fingerprint density at radius 2 is 2.05 bits per heavy atom. The van der Waals surface area contributed by atoms with Crippen LogP contribution in [-0.2, 0) is 11.3 Å². The van der Waals surface area contributed by atoms with Crippen molar-refractivity contribution in [1.29, 1.82) is 0 Å². The number of rotatable bonds is 4. The molecular weight excluding hydrogens is 282 g/mol. The zero-order chi connectivity index (χ0) is 15.9. The van der Waals surface area contributed by atoms with Crippen molar-refractivity contribution in [3.63, 3.8) is 0 Å². The highest BCUT2D eigenvalue weighted by Gasteiger charge is 2.08. The Labute approximate surface area is 128 Å². The van der Waals surface area contributed by atoms with Crippen LogP contribution in [0, 0.1) is 6.92 Å². The monoisotopic (exact) mass is 299 g/mol. The lowest BCUT2D eigenvalue weighted by Gasteiger charge is -2.08. The minimum Gasteiger partial charge on any atom is -0.453 e. The summed E-state index contributed by atoms with van der Waals surface area (Å²) in [5.41, 5.74) is 2.84. The molecule has 0 saturated carbocycles. The molecule has 1 aromatic heterocycles. The first kappa shape index (κ1) is 15.5. The third-order valence-electron chi connectivity index (χ3n) is 2.95. The van der Waals surface area contributed by atoms with Gasteiger partial charge in [0.05, 0.1) is 19.3 Å². The van der Waals surface area contributed by atoms with E-state index in [0.717, 1.165) is 11.3 Å². The van der Waals surface area contributed by atoms with Gasteiger partial charge in [-0.05, 0) is 36.8 Å². The highest BCUT2D eigenvalue weighted by molar-refractivity contribution is 6.04. The summed E-state index contributed by atoms with van der Waals surface area (Å²) in [5.74, 6) is -0.229. The third-order valence-corrected chi connectivity index (χ3v) is 2.95. The Kier molecular flexibility index (Phi) is 5.08. The topological polar surface area (TPSA) is 80.3 Å². The van der Waals surface area contributed by atoms with E-state index < -0.39 is 6.09 Å². The molecule has 6 nitrogen and oxygen atoms in total. The zero-order valence-corrected chi connectivity index (χ0v) is 12.4. The summed E-state index contributed by atoms with van der Waals surface area (Å²) in [6.45, 7) is 2.15. The van der Waals surface area contributed by atoms with Crippen LogP contribution in [-0.4, -0.2) is 24.1 Å². The fourth-order valence-electron chi connectivity index (χ4n) is 1.88. The number of alkyl carbamates (subject to hydrolysis) is 1. The first-order valence-electron chi connectivity index (χ1n) is 6.73. The van der Waals surface area contributed by atoms with Gasteiger partial charge in [-0.15, -0.1) is 0 Å². The molecule has 1 aromatic carbocycles. The molecule has 0 bridgehead atoms. The van der Waals surface area contributed by atoms with Gasteiger partial charge < -0.3 is 15.4 Å². The number of pyridine rings is 1. The average molecular weight is 299 g/mol. The van der Waals surface area contributed by atoms with Crippen LogP contribution in [0.2, 0.25) is 0 Å². The van der Waals surface area contributed by atoms with E-state index in [1.54, 1.807) is 12.1 Å². The van der Waals surface area contributed by atoms with Gasteiger partial charge in [-0.2, -0.15) is 0 Å². The number of benzene rings is 1. The van der Waals surface area contributed by atoms with Crippen LogP contribution >= 0.6 is 0 Å². The van der Waals surface area contributed by atoms with Gasteiger partial charge in [0, 0.05) is 17.4 Å². The van der Waals surface area contributed by atoms with Crippen molar-refractivity contribution >= 4 is 17.7 Å². The van der Waals surface area contributed by atoms with Crippen molar-refractivity contribution in [2.75, 3.05) is 12.4 Å². The van der Waals surface area contributed by atoms with Crippen LogP contribution in [0.3, 0.4) is 0 Å². The number of hydrogen-bond donors (Lipinski definition) is 2. The van der Waals surface area contributed by atoms with E-state index in [0.29, 0.717) is 11.3 Å². The summed E-state index contributed by atoms with van der Waals surface area (Å²) in [4.78, 5) is 27.4. The SMILES string of the molecule is COC(=O)NCc1cc(C(=O)Nc2cccc(C)c2)ccn1. The van der Waals surface area contributed by atoms with Gasteiger partial charge in [-0.1, -0.05) is 12.1 Å². The molecule has 0 aliphatic heterocycles. The van der Waals surface area contributed by atoms with E-state index in [9.17, 15) is 9.59 Å². The van der Waals surface area contributed by atoms with Crippen molar-refractivity contribution in [3.8, 4) is 0 Å². The molecule has 0 saturated heterocycles. The molecule has 2 N–H and O–H groups in total. The van der Waals surface area contributed by atoms with Crippen molar-refractivity contribution < 1.29 is 14.3 Å². The largest absolute Gasteiger partial charge is 0.453 e. The summed E-state index contributed by atoms with van der Waals surface area (Å²) in [6.07, 6.45) is 0.982. The standard InChI is InChI=1S/C16H17N3O3/c1-11-4-3-5-13(8-11)19-15(20)12-6-7-17-14(9-12)10-18-16(21)22-2/h3-9H,10H2,1-2H3,(H,18,21)(H,19,20). The molecule has 2 amide bonds. The Bertz CT molecular complexity index is 686. The summed E-state index contributed by atoms with van der Waals surface area (Å²) in [7, 11) is 1.29. The normalized spacial score (nSPS) is 9.91. The van der Waals surface area contributed by atoms with Crippen LogP contribution < -0.4 is 10.6 Å². The van der Waals surface area contributed by atoms with Crippen molar-refractivity contribution in [2.24, 2.45) is 0 Å². The maximum absolute atomic E-state index is 12.2. The van der Waals surface area contributed by atoms with Gasteiger partial charge in [-0.3, -0.25) is 9.78 Å². The van der Waals surface area contributed by atoms with Gasteiger partial charge in [-0.25, -0.2) is 4.79 Å². The Morgan fingerprint density at radius 1 is 1.23 bits per heavy atom. The Balaban J connectivity index is 2.05. The minimum absolute atomic E-state index is 0.193. The van der Waals surface area contributed by atoms with E-state index in [1.807, 2.05) is 31.2 Å². The lowest BCUT2D eigenvalue weighted by Crippen LogP contribution is -2.23. The average Bonchev–Trinajstić information content (AvgIpc) is 2.53. The first-order chi connectivity index (χ1) is 10.6. The van der Waals surface area contributed by atoms with Crippen molar-refractivity contribution in [1.82, 2.24) is 10.3 Å². The zero-order valence-electron chi connectivity index (χ0n) is 12.4. The number of aromatic nitrogens is 1. The number of methoxy groups -OCH3 is 1. The van der Waals surface area contributed by atoms with Crippen LogP contribution in [0.15, 0.2) is 42.6 Å². The number of ether oxygens (including phenoxy) is 1. The van der Waals surface area contributed by atoms with E-state index in [4.69, 9.17) is 0 Å². The third kappa shape index (κ3) is 4.31. The van der Waals surface area contributed by atoms with Crippen molar-refractivity contribution in [3.05, 3.63) is 59.4 Å². The molecule has 2 rings (SSSR count). The maximum Gasteiger partial charge on any atom is 0.407 e. The van der Waals surface area contributed by atoms with E-state index in [1.165, 1.54) is 13.3 Å². The van der Waals surface area contributed by atoms with Gasteiger partial charge in [0.1, 0.15) is 0 Å². The molecule has 1 heterocycles. The molecule has 6 heteroatoms. The fraction of sp³-hybridized carbons (Fsp3) is 0.188. The Morgan fingerprint density at radius 3 is 2.77 bits per heavy atom. The summed E-state index contributed by atoms with van der Waals surface area (Å²) < 4.78 is 4.48. The molecule has 0 unspecified atom stereocenters. The highest BCUT2D eigenvalue weighted by Crippen LogP contribution is 2.12. The van der Waals surface area contributed by atoms with E-state index in [2.05, 4.69) is 20.4 Å². The second-order valence-electron chi connectivity index (χ2n) is 4.70. The molecule has 0 radical (unpaired) electrons. The van der Waals surface area contributed by atoms with Gasteiger partial charge in [0.15, 0.2) is 0 Å². The minimum atomic E-state index is -0.545. The molecule has 0 aliphatic rings. The number of aryl methyl sites for hydroxylation is 1. The smallest absolute Gasteiger partial charge is 0.407 e. The first-order valence-corrected chi connectivity index (χ1v) is 6.73. The second-order valence-corrected chi connectivity index (χ2v) is 4.70. The summed E-state index contributed by atoms with van der Waals surface area (Å²) >= 11 is 0. The maximum atomic E-state index is 12.2. The molecule has 22 heavy (non-hydrogen) atoms. The van der Waals surface area contributed by atoms with Gasteiger partial charge >= 0.3 is 6.09 Å². The molecule has 0 atom stereocenters. The number of carbonyl (C=O) groups excluding carboxylic acids is 2. The summed E-state index contributed by atoms with van der Waals surface area (Å²) in [6, 6.07) is 10.8. The highest BCUT2D eigenvalue weighted by atomic mass is 16.5. The molecule has 0 spiro atoms. The van der Waals surface area contributed by atoms with E-state index in [-0.39, 0.29) is 12.5 Å². The lowest BCUT2D eigenvalue weighted by molar-refractivity contribution is 0.102. The van der Waals surface area contributed by atoms with Gasteiger partial charge in [0.2, 0.25) is 0 Å². The molecule has 0 fully saturated rings. The Hall–Kier alpha value is -2.89. The molecule has 0 aliphatic carbocycles. The number of amides is 2. The number of carbonyl (C=O) groups is 2. The van der Waals surface area contributed by atoms with Crippen LogP contribution in [0.5, 0.6) is 0 Å². The lowest BCUT2D eigenvalue weighted by atomic mass is 10.2. The predicted octanol–water partition coefficient (Wildman–Crippen LogP) is 2.50. The number of hydrogen-bond acceptors (Lipinski definition) is 4.